The van der Waals surface area contributed by atoms with Gasteiger partial charge in [0, 0.05) is 25.0 Å². The summed E-state index contributed by atoms with van der Waals surface area (Å²) in [7, 11) is -3.68. The molecule has 0 saturated heterocycles. The van der Waals surface area contributed by atoms with Gasteiger partial charge >= 0.3 is 5.97 Å². The minimum atomic E-state index is -3.68. The number of aromatic carboxylic acids is 1. The maximum atomic E-state index is 12.2. The first-order chi connectivity index (χ1) is 9.88. The van der Waals surface area contributed by atoms with Crippen LogP contribution in [-0.2, 0) is 16.6 Å². The van der Waals surface area contributed by atoms with E-state index in [0.29, 0.717) is 6.54 Å². The summed E-state index contributed by atoms with van der Waals surface area (Å²) >= 11 is 0. The molecule has 1 heterocycles. The van der Waals surface area contributed by atoms with Gasteiger partial charge in [-0.15, -0.1) is 0 Å². The van der Waals surface area contributed by atoms with Gasteiger partial charge in [0.2, 0.25) is 10.0 Å². The van der Waals surface area contributed by atoms with Crippen LogP contribution in [0.2, 0.25) is 0 Å². The molecule has 0 aliphatic carbocycles. The van der Waals surface area contributed by atoms with Gasteiger partial charge in [-0.05, 0) is 31.2 Å². The lowest BCUT2D eigenvalue weighted by Gasteiger charge is -2.14. The highest BCUT2D eigenvalue weighted by Crippen LogP contribution is 2.11. The molecular weight excluding hydrogens is 294 g/mol. The fraction of sp³-hybridized carbons (Fsp3) is 0.231. The summed E-state index contributed by atoms with van der Waals surface area (Å²) in [6, 6.07) is 4.74. The Labute approximate surface area is 122 Å². The first-order valence-corrected chi connectivity index (χ1v) is 7.68. The lowest BCUT2D eigenvalue weighted by Crippen LogP contribution is -2.35. The third kappa shape index (κ3) is 3.89. The second-order valence-electron chi connectivity index (χ2n) is 4.61. The number of hydrogen-bond donors (Lipinski definition) is 2. The molecule has 0 fully saturated rings. The van der Waals surface area contributed by atoms with Gasteiger partial charge in [0.1, 0.15) is 0 Å². The molecule has 0 aliphatic heterocycles. The van der Waals surface area contributed by atoms with Gasteiger partial charge < -0.3 is 9.67 Å². The average Bonchev–Trinajstić information content (AvgIpc) is 2.90. The highest BCUT2D eigenvalue weighted by Gasteiger charge is 2.18. The molecule has 1 unspecified atom stereocenters. The lowest BCUT2D eigenvalue weighted by molar-refractivity contribution is 0.0696. The fourth-order valence-corrected chi connectivity index (χ4v) is 3.09. The third-order valence-corrected chi connectivity index (χ3v) is 4.42. The molecule has 2 N–H and O–H groups in total. The van der Waals surface area contributed by atoms with E-state index < -0.39 is 16.0 Å². The first kappa shape index (κ1) is 15.2. The topological polar surface area (TPSA) is 101 Å². The molecule has 7 nitrogen and oxygen atoms in total. The molecule has 1 aromatic heterocycles. The van der Waals surface area contributed by atoms with Gasteiger partial charge in [0.25, 0.3) is 0 Å². The summed E-state index contributed by atoms with van der Waals surface area (Å²) in [4.78, 5) is 14.7. The molecule has 112 valence electrons. The van der Waals surface area contributed by atoms with Crippen LogP contribution in [0.15, 0.2) is 47.9 Å². The van der Waals surface area contributed by atoms with Crippen molar-refractivity contribution in [2.45, 2.75) is 24.4 Å². The van der Waals surface area contributed by atoms with Crippen molar-refractivity contribution in [3.63, 3.8) is 0 Å². The molecule has 2 aromatic rings. The Hall–Kier alpha value is -2.19. The third-order valence-electron chi connectivity index (χ3n) is 2.81. The molecule has 1 atom stereocenters. The van der Waals surface area contributed by atoms with Gasteiger partial charge in [-0.1, -0.05) is 0 Å². The quantitative estimate of drug-likeness (QED) is 0.827. The normalized spacial score (nSPS) is 13.0. The van der Waals surface area contributed by atoms with E-state index in [0.717, 1.165) is 0 Å². The van der Waals surface area contributed by atoms with Gasteiger partial charge in [-0.3, -0.25) is 0 Å². The van der Waals surface area contributed by atoms with Crippen LogP contribution in [-0.4, -0.2) is 35.1 Å². The molecule has 0 amide bonds. The zero-order chi connectivity index (χ0) is 15.5. The van der Waals surface area contributed by atoms with Crippen LogP contribution >= 0.6 is 0 Å². The molecular formula is C13H15N3O4S. The number of carboxylic acid groups (broad SMARTS) is 1. The van der Waals surface area contributed by atoms with Crippen molar-refractivity contribution in [1.29, 1.82) is 0 Å². The van der Waals surface area contributed by atoms with E-state index in [1.54, 1.807) is 30.2 Å². The highest BCUT2D eigenvalue weighted by molar-refractivity contribution is 7.89. The number of carbonyl (C=O) groups is 1. The van der Waals surface area contributed by atoms with Crippen molar-refractivity contribution in [2.24, 2.45) is 0 Å². The van der Waals surface area contributed by atoms with Crippen molar-refractivity contribution < 1.29 is 18.3 Å². The van der Waals surface area contributed by atoms with Gasteiger partial charge in [-0.25, -0.2) is 22.9 Å². The van der Waals surface area contributed by atoms with Gasteiger partial charge in [0.15, 0.2) is 0 Å². The molecule has 0 spiro atoms. The number of nitrogens with one attached hydrogen (secondary N) is 1. The Morgan fingerprint density at radius 1 is 1.38 bits per heavy atom. The highest BCUT2D eigenvalue weighted by atomic mass is 32.2. The monoisotopic (exact) mass is 309 g/mol. The van der Waals surface area contributed by atoms with Crippen molar-refractivity contribution in [2.75, 3.05) is 0 Å². The van der Waals surface area contributed by atoms with E-state index in [1.165, 1.54) is 24.3 Å². The van der Waals surface area contributed by atoms with Crippen LogP contribution < -0.4 is 4.72 Å². The maximum absolute atomic E-state index is 12.2. The number of benzene rings is 1. The van der Waals surface area contributed by atoms with E-state index in [-0.39, 0.29) is 16.5 Å². The smallest absolute Gasteiger partial charge is 0.335 e. The summed E-state index contributed by atoms with van der Waals surface area (Å²) in [6.07, 6.45) is 4.96. The molecule has 0 saturated carbocycles. The number of nitrogens with zero attached hydrogens (tertiary/aromatic N) is 2. The zero-order valence-electron chi connectivity index (χ0n) is 11.3. The molecule has 0 aliphatic rings. The average molecular weight is 309 g/mol. The van der Waals surface area contributed by atoms with Gasteiger partial charge in [0.05, 0.1) is 16.8 Å². The van der Waals surface area contributed by atoms with Crippen LogP contribution in [0.1, 0.15) is 17.3 Å². The summed E-state index contributed by atoms with van der Waals surface area (Å²) in [5, 5.41) is 8.79. The largest absolute Gasteiger partial charge is 0.478 e. The lowest BCUT2D eigenvalue weighted by atomic mass is 10.2. The van der Waals surface area contributed by atoms with Crippen molar-refractivity contribution in [3.05, 3.63) is 48.5 Å². The van der Waals surface area contributed by atoms with Crippen LogP contribution in [0.5, 0.6) is 0 Å². The van der Waals surface area contributed by atoms with E-state index in [4.69, 9.17) is 5.11 Å². The number of rotatable bonds is 6. The summed E-state index contributed by atoms with van der Waals surface area (Å²) < 4.78 is 28.6. The number of aromatic nitrogens is 2. The van der Waals surface area contributed by atoms with Crippen molar-refractivity contribution in [3.8, 4) is 0 Å². The minimum Gasteiger partial charge on any atom is -0.478 e. The number of carboxylic acids is 1. The number of imidazole rings is 1. The summed E-state index contributed by atoms with van der Waals surface area (Å²) in [5.41, 5.74) is 0.0420. The summed E-state index contributed by atoms with van der Waals surface area (Å²) in [6.45, 7) is 2.19. The Morgan fingerprint density at radius 3 is 2.57 bits per heavy atom. The SMILES string of the molecule is CC(Cn1ccnc1)NS(=O)(=O)c1ccc(C(=O)O)cc1. The van der Waals surface area contributed by atoms with E-state index in [2.05, 4.69) is 9.71 Å². The molecule has 0 bridgehead atoms. The predicted molar refractivity (Wildman–Crippen MR) is 75.4 cm³/mol. The Kier molecular flexibility index (Phi) is 4.39. The molecule has 0 radical (unpaired) electrons. The number of hydrogen-bond acceptors (Lipinski definition) is 4. The van der Waals surface area contributed by atoms with Crippen molar-refractivity contribution in [1.82, 2.24) is 14.3 Å². The Bertz CT molecular complexity index is 708. The predicted octanol–water partition coefficient (Wildman–Crippen LogP) is 0.948. The maximum Gasteiger partial charge on any atom is 0.335 e. The molecule has 21 heavy (non-hydrogen) atoms. The zero-order valence-corrected chi connectivity index (χ0v) is 12.1. The molecule has 1 aromatic carbocycles. The second-order valence-corrected chi connectivity index (χ2v) is 6.33. The summed E-state index contributed by atoms with van der Waals surface area (Å²) in [5.74, 6) is -1.10. The molecule has 8 heteroatoms. The first-order valence-electron chi connectivity index (χ1n) is 6.20. The number of sulfonamides is 1. The van der Waals surface area contributed by atoms with E-state index in [1.807, 2.05) is 0 Å². The van der Waals surface area contributed by atoms with Crippen LogP contribution in [0.3, 0.4) is 0 Å². The van der Waals surface area contributed by atoms with Gasteiger partial charge in [-0.2, -0.15) is 0 Å². The van der Waals surface area contributed by atoms with E-state index >= 15 is 0 Å². The van der Waals surface area contributed by atoms with Crippen LogP contribution in [0.25, 0.3) is 0 Å². The minimum absolute atomic E-state index is 0.0324. The standard InChI is InChI=1S/C13H15N3O4S/c1-10(8-16-7-6-14-9-16)15-21(19,20)12-4-2-11(3-5-12)13(17)18/h2-7,9-10,15H,8H2,1H3,(H,17,18). The van der Waals surface area contributed by atoms with Crippen LogP contribution in [0.4, 0.5) is 0 Å². The fourth-order valence-electron chi connectivity index (χ4n) is 1.86. The Balaban J connectivity index is 2.08. The van der Waals surface area contributed by atoms with Crippen molar-refractivity contribution >= 4 is 16.0 Å². The van der Waals surface area contributed by atoms with Crippen LogP contribution in [0, 0.1) is 0 Å². The molecule has 2 rings (SSSR count). The van der Waals surface area contributed by atoms with E-state index in [9.17, 15) is 13.2 Å². The Morgan fingerprint density at radius 2 is 2.05 bits per heavy atom. The second kappa shape index (κ2) is 6.06.